The van der Waals surface area contributed by atoms with Gasteiger partial charge in [0.25, 0.3) is 0 Å². The molecule has 0 amide bonds. The highest BCUT2D eigenvalue weighted by Crippen LogP contribution is 2.25. The van der Waals surface area contributed by atoms with Gasteiger partial charge in [-0.25, -0.2) is 8.78 Å². The second-order valence-electron chi connectivity index (χ2n) is 3.76. The summed E-state index contributed by atoms with van der Waals surface area (Å²) in [5, 5.41) is 0. The van der Waals surface area contributed by atoms with Crippen LogP contribution in [0.25, 0.3) is 11.1 Å². The van der Waals surface area contributed by atoms with Crippen molar-refractivity contribution in [2.45, 2.75) is 6.92 Å². The van der Waals surface area contributed by atoms with Crippen LogP contribution >= 0.6 is 0 Å². The Labute approximate surface area is 97.7 Å². The minimum atomic E-state index is -0.477. The molecule has 0 spiro atoms. The maximum Gasteiger partial charge on any atom is 0.160 e. The number of Topliss-reactive ketones (excluding diaryl/α,β-unsaturated/α-hetero) is 1. The van der Waals surface area contributed by atoms with E-state index in [0.717, 1.165) is 0 Å². The van der Waals surface area contributed by atoms with E-state index in [1.54, 1.807) is 12.1 Å². The predicted octanol–water partition coefficient (Wildman–Crippen LogP) is 3.83. The lowest BCUT2D eigenvalue weighted by Crippen LogP contribution is -1.97. The maximum absolute atomic E-state index is 13.1. The Hall–Kier alpha value is -2.03. The minimum absolute atomic E-state index is 0.247. The van der Waals surface area contributed by atoms with E-state index in [-0.39, 0.29) is 17.2 Å². The van der Waals surface area contributed by atoms with Crippen molar-refractivity contribution in [3.8, 4) is 11.1 Å². The standard InChI is InChI=1S/C14H10F2O/c1-9(17)14-8-12(16)5-6-13(14)10-3-2-4-11(15)7-10/h2-8H,1H3. The SMILES string of the molecule is CC(=O)c1cc(F)ccc1-c1cccc(F)c1. The third-order valence-electron chi connectivity index (χ3n) is 2.50. The van der Waals surface area contributed by atoms with Crippen LogP contribution in [0.3, 0.4) is 0 Å². The number of halogens is 2. The van der Waals surface area contributed by atoms with Gasteiger partial charge in [0.05, 0.1) is 0 Å². The van der Waals surface area contributed by atoms with Gasteiger partial charge in [-0.2, -0.15) is 0 Å². The maximum atomic E-state index is 13.1. The van der Waals surface area contributed by atoms with Gasteiger partial charge in [-0.1, -0.05) is 18.2 Å². The molecule has 0 aliphatic rings. The van der Waals surface area contributed by atoms with Crippen molar-refractivity contribution in [2.24, 2.45) is 0 Å². The molecule has 3 heteroatoms. The fourth-order valence-electron chi connectivity index (χ4n) is 1.72. The molecule has 17 heavy (non-hydrogen) atoms. The van der Waals surface area contributed by atoms with Gasteiger partial charge in [-0.05, 0) is 42.3 Å². The van der Waals surface area contributed by atoms with Crippen molar-refractivity contribution in [2.75, 3.05) is 0 Å². The predicted molar refractivity (Wildman–Crippen MR) is 61.8 cm³/mol. The van der Waals surface area contributed by atoms with Crippen LogP contribution in [-0.4, -0.2) is 5.78 Å². The number of ketones is 1. The third kappa shape index (κ3) is 2.38. The molecular formula is C14H10F2O. The van der Waals surface area contributed by atoms with Crippen molar-refractivity contribution >= 4 is 5.78 Å². The van der Waals surface area contributed by atoms with Gasteiger partial charge >= 0.3 is 0 Å². The molecule has 2 aromatic rings. The first-order valence-electron chi connectivity index (χ1n) is 5.14. The van der Waals surface area contributed by atoms with Crippen molar-refractivity contribution < 1.29 is 13.6 Å². The van der Waals surface area contributed by atoms with Crippen molar-refractivity contribution in [3.05, 3.63) is 59.7 Å². The van der Waals surface area contributed by atoms with E-state index in [1.807, 2.05) is 0 Å². The van der Waals surface area contributed by atoms with Gasteiger partial charge in [0.1, 0.15) is 11.6 Å². The monoisotopic (exact) mass is 232 g/mol. The highest BCUT2D eigenvalue weighted by atomic mass is 19.1. The molecule has 0 aliphatic heterocycles. The molecular weight excluding hydrogens is 222 g/mol. The molecule has 0 aliphatic carbocycles. The number of hydrogen-bond donors (Lipinski definition) is 0. The van der Waals surface area contributed by atoms with E-state index >= 15 is 0 Å². The second-order valence-corrected chi connectivity index (χ2v) is 3.76. The molecule has 0 saturated heterocycles. The lowest BCUT2D eigenvalue weighted by atomic mass is 9.97. The highest BCUT2D eigenvalue weighted by molar-refractivity contribution is 6.00. The molecule has 0 heterocycles. The Morgan fingerprint density at radius 1 is 1.00 bits per heavy atom. The topological polar surface area (TPSA) is 17.1 Å². The Balaban J connectivity index is 2.63. The molecule has 1 nitrogen and oxygen atoms in total. The van der Waals surface area contributed by atoms with Crippen LogP contribution in [0.2, 0.25) is 0 Å². The first-order chi connectivity index (χ1) is 8.08. The Kier molecular flexibility index (Phi) is 3.00. The molecule has 0 atom stereocenters. The molecule has 0 radical (unpaired) electrons. The molecule has 0 N–H and O–H groups in total. The average molecular weight is 232 g/mol. The first kappa shape index (κ1) is 11.5. The van der Waals surface area contributed by atoms with E-state index in [2.05, 4.69) is 0 Å². The van der Waals surface area contributed by atoms with Gasteiger partial charge < -0.3 is 0 Å². The lowest BCUT2D eigenvalue weighted by Gasteiger charge is -2.07. The molecule has 0 saturated carbocycles. The number of hydrogen-bond acceptors (Lipinski definition) is 1. The summed E-state index contributed by atoms with van der Waals surface area (Å²) in [6.07, 6.45) is 0. The first-order valence-corrected chi connectivity index (χ1v) is 5.14. The molecule has 0 aromatic heterocycles. The smallest absolute Gasteiger partial charge is 0.160 e. The van der Waals surface area contributed by atoms with Crippen LogP contribution in [0, 0.1) is 11.6 Å². The van der Waals surface area contributed by atoms with Crippen LogP contribution in [-0.2, 0) is 0 Å². The molecule has 0 unspecified atom stereocenters. The van der Waals surface area contributed by atoms with Gasteiger partial charge in [-0.15, -0.1) is 0 Å². The summed E-state index contributed by atoms with van der Waals surface area (Å²) in [6.45, 7) is 1.36. The van der Waals surface area contributed by atoms with Crippen LogP contribution < -0.4 is 0 Å². The van der Waals surface area contributed by atoms with E-state index < -0.39 is 5.82 Å². The van der Waals surface area contributed by atoms with Crippen molar-refractivity contribution in [3.63, 3.8) is 0 Å². The zero-order valence-electron chi connectivity index (χ0n) is 9.21. The fraction of sp³-hybridized carbons (Fsp3) is 0.0714. The number of rotatable bonds is 2. The van der Waals surface area contributed by atoms with Crippen molar-refractivity contribution in [1.29, 1.82) is 0 Å². The minimum Gasteiger partial charge on any atom is -0.294 e. The summed E-state index contributed by atoms with van der Waals surface area (Å²) in [7, 11) is 0. The third-order valence-corrected chi connectivity index (χ3v) is 2.50. The van der Waals surface area contributed by atoms with Crippen LogP contribution in [0.4, 0.5) is 8.78 Å². The quantitative estimate of drug-likeness (QED) is 0.719. The van der Waals surface area contributed by atoms with E-state index in [0.29, 0.717) is 11.1 Å². The number of carbonyl (C=O) groups excluding carboxylic acids is 1. The van der Waals surface area contributed by atoms with Gasteiger partial charge in [0.2, 0.25) is 0 Å². The van der Waals surface area contributed by atoms with Crippen LogP contribution in [0.5, 0.6) is 0 Å². The molecule has 0 fully saturated rings. The Bertz CT molecular complexity index is 576. The van der Waals surface area contributed by atoms with Gasteiger partial charge in [-0.3, -0.25) is 4.79 Å². The Morgan fingerprint density at radius 2 is 1.71 bits per heavy atom. The summed E-state index contributed by atoms with van der Waals surface area (Å²) in [6, 6.07) is 9.79. The summed E-state index contributed by atoms with van der Waals surface area (Å²) in [4.78, 5) is 11.4. The highest BCUT2D eigenvalue weighted by Gasteiger charge is 2.10. The van der Waals surface area contributed by atoms with E-state index in [9.17, 15) is 13.6 Å². The molecule has 86 valence electrons. The summed E-state index contributed by atoms with van der Waals surface area (Å²) >= 11 is 0. The summed E-state index contributed by atoms with van der Waals surface area (Å²) < 4.78 is 26.2. The van der Waals surface area contributed by atoms with Crippen molar-refractivity contribution in [1.82, 2.24) is 0 Å². The average Bonchev–Trinajstić information content (AvgIpc) is 2.28. The second kappa shape index (κ2) is 4.45. The number of benzene rings is 2. The van der Waals surface area contributed by atoms with E-state index in [4.69, 9.17) is 0 Å². The van der Waals surface area contributed by atoms with E-state index in [1.165, 1.54) is 37.3 Å². The molecule has 0 bridgehead atoms. The lowest BCUT2D eigenvalue weighted by molar-refractivity contribution is 0.101. The largest absolute Gasteiger partial charge is 0.294 e. The molecule has 2 rings (SSSR count). The zero-order valence-corrected chi connectivity index (χ0v) is 9.21. The van der Waals surface area contributed by atoms with Gasteiger partial charge in [0, 0.05) is 5.56 Å². The number of carbonyl (C=O) groups is 1. The molecule has 2 aromatic carbocycles. The fourth-order valence-corrected chi connectivity index (χ4v) is 1.72. The summed E-state index contributed by atoms with van der Waals surface area (Å²) in [5.74, 6) is -1.11. The zero-order chi connectivity index (χ0) is 12.4. The summed E-state index contributed by atoms with van der Waals surface area (Å²) in [5.41, 5.74) is 1.37. The van der Waals surface area contributed by atoms with Gasteiger partial charge in [0.15, 0.2) is 5.78 Å². The van der Waals surface area contributed by atoms with Crippen LogP contribution in [0.15, 0.2) is 42.5 Å². The van der Waals surface area contributed by atoms with Crippen LogP contribution in [0.1, 0.15) is 17.3 Å². The normalized spacial score (nSPS) is 10.3. The Morgan fingerprint density at radius 3 is 2.35 bits per heavy atom.